The number of hydrogen-bond acceptors (Lipinski definition) is 4. The first-order valence-electron chi connectivity index (χ1n) is 5.85. The molecule has 1 unspecified atom stereocenters. The summed E-state index contributed by atoms with van der Waals surface area (Å²) >= 11 is 0. The molecule has 1 fully saturated rings. The highest BCUT2D eigenvalue weighted by Gasteiger charge is 2.16. The highest BCUT2D eigenvalue weighted by atomic mass is 16.6. The smallest absolute Gasteiger partial charge is 0.272 e. The van der Waals surface area contributed by atoms with E-state index in [0.717, 1.165) is 30.6 Å². The molecule has 0 spiro atoms. The summed E-state index contributed by atoms with van der Waals surface area (Å²) in [7, 11) is 0. The topological polar surface area (TPSA) is 67.2 Å². The summed E-state index contributed by atoms with van der Waals surface area (Å²) in [5, 5.41) is 17.5. The summed E-state index contributed by atoms with van der Waals surface area (Å²) in [5.74, 6) is 0. The molecule has 92 valence electrons. The molecule has 1 aliphatic heterocycles. The minimum atomic E-state index is -0.323. The first kappa shape index (κ1) is 12.0. The molecule has 0 amide bonds. The largest absolute Gasteiger partial charge is 0.315 e. The van der Waals surface area contributed by atoms with Crippen molar-refractivity contribution in [2.45, 2.75) is 25.9 Å². The zero-order chi connectivity index (χ0) is 12.3. The Morgan fingerprint density at radius 1 is 1.59 bits per heavy atom. The molecule has 2 N–H and O–H groups in total. The summed E-state index contributed by atoms with van der Waals surface area (Å²) in [6.07, 6.45) is 1.12. The highest BCUT2D eigenvalue weighted by molar-refractivity contribution is 5.44. The molecule has 0 radical (unpaired) electrons. The third kappa shape index (κ3) is 2.81. The zero-order valence-corrected chi connectivity index (χ0v) is 9.90. The molecule has 5 heteroatoms. The van der Waals surface area contributed by atoms with Gasteiger partial charge in [-0.25, -0.2) is 0 Å². The van der Waals surface area contributed by atoms with Crippen molar-refractivity contribution >= 4 is 5.69 Å². The zero-order valence-electron chi connectivity index (χ0n) is 9.90. The van der Waals surface area contributed by atoms with E-state index in [1.165, 1.54) is 0 Å². The fourth-order valence-electron chi connectivity index (χ4n) is 2.14. The van der Waals surface area contributed by atoms with Gasteiger partial charge in [-0.3, -0.25) is 10.1 Å². The molecule has 5 nitrogen and oxygen atoms in total. The van der Waals surface area contributed by atoms with Gasteiger partial charge < -0.3 is 10.6 Å². The molecular weight excluding hydrogens is 218 g/mol. The van der Waals surface area contributed by atoms with Gasteiger partial charge in [0.25, 0.3) is 5.69 Å². The predicted molar refractivity (Wildman–Crippen MR) is 65.9 cm³/mol. The van der Waals surface area contributed by atoms with Crippen LogP contribution in [0.2, 0.25) is 0 Å². The van der Waals surface area contributed by atoms with Gasteiger partial charge in [0.1, 0.15) is 0 Å². The molecule has 0 bridgehead atoms. The first-order valence-corrected chi connectivity index (χ1v) is 5.85. The average molecular weight is 235 g/mol. The molecule has 2 rings (SSSR count). The lowest BCUT2D eigenvalue weighted by Gasteiger charge is -2.12. The maximum Gasteiger partial charge on any atom is 0.272 e. The second-order valence-electron chi connectivity index (χ2n) is 4.39. The minimum absolute atomic E-state index is 0.203. The van der Waals surface area contributed by atoms with E-state index in [2.05, 4.69) is 10.6 Å². The average Bonchev–Trinajstić information content (AvgIpc) is 2.80. The van der Waals surface area contributed by atoms with Crippen molar-refractivity contribution in [3.8, 4) is 0 Å². The molecule has 1 saturated heterocycles. The lowest BCUT2D eigenvalue weighted by atomic mass is 10.1. The Kier molecular flexibility index (Phi) is 3.71. The third-order valence-corrected chi connectivity index (χ3v) is 3.26. The number of hydrogen-bond donors (Lipinski definition) is 2. The Morgan fingerprint density at radius 2 is 2.41 bits per heavy atom. The van der Waals surface area contributed by atoms with Gasteiger partial charge in [-0.05, 0) is 25.5 Å². The van der Waals surface area contributed by atoms with Crippen molar-refractivity contribution in [3.63, 3.8) is 0 Å². The molecule has 0 saturated carbocycles. The summed E-state index contributed by atoms with van der Waals surface area (Å²) in [5.41, 5.74) is 1.97. The van der Waals surface area contributed by atoms with E-state index in [0.29, 0.717) is 12.6 Å². The van der Waals surface area contributed by atoms with Gasteiger partial charge in [-0.2, -0.15) is 0 Å². The number of rotatable bonds is 4. The van der Waals surface area contributed by atoms with E-state index in [1.807, 2.05) is 13.0 Å². The molecule has 1 atom stereocenters. The van der Waals surface area contributed by atoms with E-state index >= 15 is 0 Å². The van der Waals surface area contributed by atoms with Crippen LogP contribution in [0.4, 0.5) is 5.69 Å². The Bertz CT molecular complexity index is 414. The summed E-state index contributed by atoms with van der Waals surface area (Å²) in [4.78, 5) is 10.5. The van der Waals surface area contributed by atoms with Crippen LogP contribution in [0.25, 0.3) is 0 Å². The first-order chi connectivity index (χ1) is 8.18. The third-order valence-electron chi connectivity index (χ3n) is 3.26. The van der Waals surface area contributed by atoms with Crippen LogP contribution in [0.15, 0.2) is 18.2 Å². The van der Waals surface area contributed by atoms with Crippen LogP contribution < -0.4 is 10.6 Å². The maximum atomic E-state index is 10.8. The minimum Gasteiger partial charge on any atom is -0.315 e. The van der Waals surface area contributed by atoms with Crippen molar-refractivity contribution in [1.29, 1.82) is 0 Å². The Labute approximate surface area is 100 Å². The van der Waals surface area contributed by atoms with E-state index in [-0.39, 0.29) is 10.6 Å². The second kappa shape index (κ2) is 5.25. The van der Waals surface area contributed by atoms with Crippen LogP contribution in [0.1, 0.15) is 17.5 Å². The molecule has 17 heavy (non-hydrogen) atoms. The van der Waals surface area contributed by atoms with Gasteiger partial charge >= 0.3 is 0 Å². The molecule has 0 aliphatic carbocycles. The van der Waals surface area contributed by atoms with Crippen LogP contribution in [0.5, 0.6) is 0 Å². The number of nitrogens with one attached hydrogen (secondary N) is 2. The molecular formula is C12H17N3O2. The Hall–Kier alpha value is -1.46. The van der Waals surface area contributed by atoms with Gasteiger partial charge in [0, 0.05) is 30.8 Å². The Balaban J connectivity index is 2.04. The van der Waals surface area contributed by atoms with Gasteiger partial charge in [-0.1, -0.05) is 12.1 Å². The molecule has 1 aliphatic rings. The number of nitro benzene ring substituents is 1. The van der Waals surface area contributed by atoms with Crippen molar-refractivity contribution in [3.05, 3.63) is 39.4 Å². The SMILES string of the molecule is Cc1c(CNC2CCNC2)cccc1[N+](=O)[O-]. The monoisotopic (exact) mass is 235 g/mol. The van der Waals surface area contributed by atoms with Crippen molar-refractivity contribution in [1.82, 2.24) is 10.6 Å². The number of benzene rings is 1. The second-order valence-corrected chi connectivity index (χ2v) is 4.39. The number of nitrogens with zero attached hydrogens (tertiary/aromatic N) is 1. The number of nitro groups is 1. The van der Waals surface area contributed by atoms with E-state index in [4.69, 9.17) is 0 Å². The van der Waals surface area contributed by atoms with Crippen molar-refractivity contribution in [2.75, 3.05) is 13.1 Å². The highest BCUT2D eigenvalue weighted by Crippen LogP contribution is 2.21. The molecule has 1 aromatic rings. The maximum absolute atomic E-state index is 10.8. The van der Waals surface area contributed by atoms with Crippen LogP contribution in [-0.4, -0.2) is 24.1 Å². The van der Waals surface area contributed by atoms with Gasteiger partial charge in [0.05, 0.1) is 4.92 Å². The lowest BCUT2D eigenvalue weighted by Crippen LogP contribution is -2.30. The van der Waals surface area contributed by atoms with Crippen LogP contribution in [0.3, 0.4) is 0 Å². The Morgan fingerprint density at radius 3 is 3.06 bits per heavy atom. The normalized spacial score (nSPS) is 19.5. The molecule has 1 aromatic carbocycles. The molecule has 0 aromatic heterocycles. The summed E-state index contributed by atoms with van der Waals surface area (Å²) < 4.78 is 0. The predicted octanol–water partition coefficient (Wildman–Crippen LogP) is 1.35. The van der Waals surface area contributed by atoms with Gasteiger partial charge in [0.2, 0.25) is 0 Å². The van der Waals surface area contributed by atoms with Crippen LogP contribution >= 0.6 is 0 Å². The standard InChI is InChI=1S/C12H17N3O2/c1-9-10(3-2-4-12(9)15(16)17)7-14-11-5-6-13-8-11/h2-4,11,13-14H,5-8H2,1H3. The summed E-state index contributed by atoms with van der Waals surface area (Å²) in [6.45, 7) is 4.53. The van der Waals surface area contributed by atoms with Gasteiger partial charge in [-0.15, -0.1) is 0 Å². The van der Waals surface area contributed by atoms with Crippen LogP contribution in [0, 0.1) is 17.0 Å². The van der Waals surface area contributed by atoms with Crippen molar-refractivity contribution in [2.24, 2.45) is 0 Å². The summed E-state index contributed by atoms with van der Waals surface area (Å²) in [6, 6.07) is 5.72. The fraction of sp³-hybridized carbons (Fsp3) is 0.500. The van der Waals surface area contributed by atoms with Gasteiger partial charge in [0.15, 0.2) is 0 Å². The lowest BCUT2D eigenvalue weighted by molar-refractivity contribution is -0.385. The van der Waals surface area contributed by atoms with E-state index < -0.39 is 0 Å². The van der Waals surface area contributed by atoms with Crippen molar-refractivity contribution < 1.29 is 4.92 Å². The molecule has 1 heterocycles. The van der Waals surface area contributed by atoms with E-state index in [9.17, 15) is 10.1 Å². The fourth-order valence-corrected chi connectivity index (χ4v) is 2.14. The van der Waals surface area contributed by atoms with E-state index in [1.54, 1.807) is 12.1 Å². The van der Waals surface area contributed by atoms with Crippen LogP contribution in [-0.2, 0) is 6.54 Å². The quantitative estimate of drug-likeness (QED) is 0.610.